The predicted octanol–water partition coefficient (Wildman–Crippen LogP) is 3.06. The van der Waals surface area contributed by atoms with Crippen LogP contribution in [-0.2, 0) is 4.84 Å². The molecular weight excluding hydrogens is 338 g/mol. The van der Waals surface area contributed by atoms with Crippen molar-refractivity contribution in [2.75, 3.05) is 0 Å². The van der Waals surface area contributed by atoms with E-state index in [2.05, 4.69) is 5.48 Å². The number of esters is 1. The summed E-state index contributed by atoms with van der Waals surface area (Å²) in [6, 6.07) is 11.9. The van der Waals surface area contributed by atoms with Gasteiger partial charge in [0, 0.05) is 0 Å². The quantitative estimate of drug-likeness (QED) is 0.484. The number of aromatic carboxylic acids is 1. The molecule has 0 atom stereocenters. The Morgan fingerprint density at radius 2 is 1.62 bits per heavy atom. The Bertz CT molecular complexity index is 824. The van der Waals surface area contributed by atoms with E-state index >= 15 is 0 Å². The van der Waals surface area contributed by atoms with Gasteiger partial charge in [-0.15, -0.1) is 0 Å². The van der Waals surface area contributed by atoms with Gasteiger partial charge in [-0.3, -0.25) is 9.63 Å². The van der Waals surface area contributed by atoms with Crippen molar-refractivity contribution < 1.29 is 29.1 Å². The highest BCUT2D eigenvalue weighted by Crippen LogP contribution is 2.22. The highest BCUT2D eigenvalue weighted by Gasteiger charge is 2.21. The molecule has 0 saturated carbocycles. The largest absolute Gasteiger partial charge is 0.478 e. The second-order valence-corrected chi connectivity index (χ2v) is 6.42. The van der Waals surface area contributed by atoms with Crippen LogP contribution >= 0.6 is 0 Å². The van der Waals surface area contributed by atoms with Gasteiger partial charge in [0.25, 0.3) is 5.91 Å². The van der Waals surface area contributed by atoms with E-state index in [0.29, 0.717) is 5.56 Å². The molecule has 0 heterocycles. The number of benzene rings is 2. The third kappa shape index (κ3) is 5.15. The molecule has 0 aliphatic heterocycles. The Morgan fingerprint density at radius 1 is 0.962 bits per heavy atom. The van der Waals surface area contributed by atoms with E-state index in [4.69, 9.17) is 14.7 Å². The average Bonchev–Trinajstić information content (AvgIpc) is 2.60. The summed E-state index contributed by atoms with van der Waals surface area (Å²) in [5.41, 5.74) is 1.64. The molecule has 0 spiro atoms. The number of carboxylic acid groups (broad SMARTS) is 1. The number of carbonyl (C=O) groups is 3. The van der Waals surface area contributed by atoms with E-state index in [1.54, 1.807) is 51.1 Å². The maximum Gasteiger partial charge on any atom is 0.343 e. The lowest BCUT2D eigenvalue weighted by atomic mass is 10.1. The zero-order valence-electron chi connectivity index (χ0n) is 14.6. The molecule has 2 N–H and O–H groups in total. The number of hydrogen-bond donors (Lipinski definition) is 2. The summed E-state index contributed by atoms with van der Waals surface area (Å²) in [7, 11) is 0. The van der Waals surface area contributed by atoms with E-state index in [1.807, 2.05) is 0 Å². The number of hydroxylamine groups is 1. The van der Waals surface area contributed by atoms with Gasteiger partial charge in [0.1, 0.15) is 5.75 Å². The molecule has 0 aromatic heterocycles. The monoisotopic (exact) mass is 357 g/mol. The van der Waals surface area contributed by atoms with Gasteiger partial charge >= 0.3 is 11.9 Å². The van der Waals surface area contributed by atoms with Gasteiger partial charge in [0.2, 0.25) is 0 Å². The van der Waals surface area contributed by atoms with E-state index in [9.17, 15) is 14.4 Å². The third-order valence-corrected chi connectivity index (χ3v) is 3.13. The van der Waals surface area contributed by atoms with Crippen LogP contribution in [0.5, 0.6) is 5.75 Å². The number of amides is 1. The van der Waals surface area contributed by atoms with Crippen LogP contribution in [-0.4, -0.2) is 28.6 Å². The lowest BCUT2D eigenvalue weighted by Gasteiger charge is -2.19. The second kappa shape index (κ2) is 7.79. The molecule has 136 valence electrons. The summed E-state index contributed by atoms with van der Waals surface area (Å²) >= 11 is 0. The number of rotatable bonds is 5. The number of hydrogen-bond acceptors (Lipinski definition) is 5. The summed E-state index contributed by atoms with van der Waals surface area (Å²) in [6.45, 7) is 5.20. The van der Waals surface area contributed by atoms with Gasteiger partial charge in [0.15, 0.2) is 0 Å². The van der Waals surface area contributed by atoms with Crippen LogP contribution in [0.15, 0.2) is 48.5 Å². The fourth-order valence-corrected chi connectivity index (χ4v) is 1.92. The van der Waals surface area contributed by atoms with Crippen LogP contribution in [0.2, 0.25) is 0 Å². The predicted molar refractivity (Wildman–Crippen MR) is 93.1 cm³/mol. The molecule has 0 bridgehead atoms. The van der Waals surface area contributed by atoms with Crippen LogP contribution in [0.25, 0.3) is 0 Å². The zero-order chi connectivity index (χ0) is 19.3. The minimum absolute atomic E-state index is 0.0705. The molecule has 0 fully saturated rings. The molecule has 0 saturated heterocycles. The van der Waals surface area contributed by atoms with Gasteiger partial charge in [-0.05, 0) is 51.1 Å². The molecular formula is C19H19NO6. The van der Waals surface area contributed by atoms with E-state index in [1.165, 1.54) is 12.1 Å². The fourth-order valence-electron chi connectivity index (χ4n) is 1.92. The van der Waals surface area contributed by atoms with Gasteiger partial charge in [-0.25, -0.2) is 15.1 Å². The summed E-state index contributed by atoms with van der Waals surface area (Å²) in [6.07, 6.45) is 0. The lowest BCUT2D eigenvalue weighted by molar-refractivity contribution is -0.0590. The van der Waals surface area contributed by atoms with Crippen LogP contribution in [0.1, 0.15) is 51.8 Å². The van der Waals surface area contributed by atoms with Crippen LogP contribution in [0, 0.1) is 0 Å². The second-order valence-electron chi connectivity index (χ2n) is 6.42. The summed E-state index contributed by atoms with van der Waals surface area (Å²) in [5.74, 6) is -2.67. The standard InChI is InChI=1S/C19H19NO6/c1-19(2,3)26-20-16(21)14-11-13(17(22)23)9-10-15(14)25-18(24)12-7-5-4-6-8-12/h4-11H,1-3H3,(H,20,21)(H,22,23). The maximum atomic E-state index is 12.4. The highest BCUT2D eigenvalue weighted by molar-refractivity contribution is 6.01. The Morgan fingerprint density at radius 3 is 2.19 bits per heavy atom. The van der Waals surface area contributed by atoms with Gasteiger partial charge < -0.3 is 9.84 Å². The molecule has 7 heteroatoms. The van der Waals surface area contributed by atoms with Gasteiger partial charge in [0.05, 0.1) is 22.3 Å². The Labute approximate surface area is 150 Å². The van der Waals surface area contributed by atoms with E-state index in [-0.39, 0.29) is 16.9 Å². The van der Waals surface area contributed by atoms with Crippen molar-refractivity contribution in [3.63, 3.8) is 0 Å². The maximum absolute atomic E-state index is 12.4. The normalized spacial score (nSPS) is 10.9. The Balaban J connectivity index is 2.31. The molecule has 2 aromatic rings. The third-order valence-electron chi connectivity index (χ3n) is 3.13. The van der Waals surface area contributed by atoms with Crippen molar-refractivity contribution >= 4 is 17.8 Å². The van der Waals surface area contributed by atoms with Crippen LogP contribution in [0.3, 0.4) is 0 Å². The Kier molecular flexibility index (Phi) is 5.74. The molecule has 7 nitrogen and oxygen atoms in total. The van der Waals surface area contributed by atoms with Crippen molar-refractivity contribution in [1.29, 1.82) is 0 Å². The average molecular weight is 357 g/mol. The molecule has 0 aliphatic carbocycles. The van der Waals surface area contributed by atoms with E-state index in [0.717, 1.165) is 6.07 Å². The van der Waals surface area contributed by atoms with Crippen molar-refractivity contribution in [2.45, 2.75) is 26.4 Å². The fraction of sp³-hybridized carbons (Fsp3) is 0.211. The molecule has 0 unspecified atom stereocenters. The van der Waals surface area contributed by atoms with Crippen LogP contribution < -0.4 is 10.2 Å². The lowest BCUT2D eigenvalue weighted by Crippen LogP contribution is -2.34. The first-order valence-corrected chi connectivity index (χ1v) is 7.80. The topological polar surface area (TPSA) is 102 Å². The first-order valence-electron chi connectivity index (χ1n) is 7.80. The van der Waals surface area contributed by atoms with Gasteiger partial charge in [-0.2, -0.15) is 0 Å². The van der Waals surface area contributed by atoms with Crippen molar-refractivity contribution in [1.82, 2.24) is 5.48 Å². The SMILES string of the molecule is CC(C)(C)ONC(=O)c1cc(C(=O)O)ccc1OC(=O)c1ccccc1. The number of carbonyl (C=O) groups excluding carboxylic acids is 2. The first kappa shape index (κ1) is 19.1. The Hall–Kier alpha value is -3.19. The van der Waals surface area contributed by atoms with Crippen LogP contribution in [0.4, 0.5) is 0 Å². The molecule has 2 rings (SSSR count). The number of carboxylic acids is 1. The first-order chi connectivity index (χ1) is 12.2. The van der Waals surface area contributed by atoms with Crippen molar-refractivity contribution in [3.05, 3.63) is 65.2 Å². The zero-order valence-corrected chi connectivity index (χ0v) is 14.6. The highest BCUT2D eigenvalue weighted by atomic mass is 16.7. The molecule has 26 heavy (non-hydrogen) atoms. The number of ether oxygens (including phenoxy) is 1. The van der Waals surface area contributed by atoms with Crippen molar-refractivity contribution in [3.8, 4) is 5.75 Å². The van der Waals surface area contributed by atoms with Crippen molar-refractivity contribution in [2.24, 2.45) is 0 Å². The minimum atomic E-state index is -1.21. The summed E-state index contributed by atoms with van der Waals surface area (Å²) < 4.78 is 5.27. The summed E-state index contributed by atoms with van der Waals surface area (Å²) in [5, 5.41) is 9.13. The molecule has 2 aromatic carbocycles. The van der Waals surface area contributed by atoms with E-state index < -0.39 is 23.4 Å². The molecule has 0 aliphatic rings. The molecule has 0 radical (unpaired) electrons. The smallest absolute Gasteiger partial charge is 0.343 e. The summed E-state index contributed by atoms with van der Waals surface area (Å²) in [4.78, 5) is 41.0. The molecule has 1 amide bonds. The minimum Gasteiger partial charge on any atom is -0.478 e. The number of nitrogens with one attached hydrogen (secondary N) is 1. The van der Waals surface area contributed by atoms with Gasteiger partial charge in [-0.1, -0.05) is 18.2 Å².